The first-order valence-corrected chi connectivity index (χ1v) is 6.54. The molecule has 0 fully saturated rings. The van der Waals surface area contributed by atoms with E-state index < -0.39 is 30.3 Å². The Morgan fingerprint density at radius 2 is 1.54 bits per heavy atom. The zero-order valence-corrected chi connectivity index (χ0v) is 11.9. The second-order valence-electron chi connectivity index (χ2n) is 4.74. The van der Waals surface area contributed by atoms with Crippen molar-refractivity contribution in [2.45, 2.75) is 19.0 Å². The second-order valence-corrected chi connectivity index (χ2v) is 4.74. The summed E-state index contributed by atoms with van der Waals surface area (Å²) in [7, 11) is 0. The fourth-order valence-electron chi connectivity index (χ4n) is 2.23. The molecule has 0 bridgehead atoms. The molecule has 0 spiro atoms. The quantitative estimate of drug-likeness (QED) is 0.704. The summed E-state index contributed by atoms with van der Waals surface area (Å²) in [5.74, 6) is -0.486. The fraction of sp³-hybridized carbons (Fsp3) is 0.188. The van der Waals surface area contributed by atoms with Gasteiger partial charge >= 0.3 is 12.5 Å². The van der Waals surface area contributed by atoms with Gasteiger partial charge in [-0.3, -0.25) is 0 Å². The highest BCUT2D eigenvalue weighted by Gasteiger charge is 2.34. The molecular weight excluding hydrogens is 336 g/mol. The molecule has 0 saturated heterocycles. The molecule has 126 valence electrons. The van der Waals surface area contributed by atoms with E-state index in [2.05, 4.69) is 4.74 Å². The first-order valence-electron chi connectivity index (χ1n) is 6.54. The molecule has 0 aliphatic carbocycles. The summed E-state index contributed by atoms with van der Waals surface area (Å²) in [5.41, 5.74) is -0.792. The van der Waals surface area contributed by atoms with Crippen LogP contribution in [-0.2, 0) is 12.6 Å². The summed E-state index contributed by atoms with van der Waals surface area (Å²) in [6.45, 7) is 0. The van der Waals surface area contributed by atoms with Crippen LogP contribution in [0, 0.1) is 11.3 Å². The molecule has 0 N–H and O–H groups in total. The fourth-order valence-corrected chi connectivity index (χ4v) is 2.23. The summed E-state index contributed by atoms with van der Waals surface area (Å²) in [6.07, 6.45) is -9.98. The lowest BCUT2D eigenvalue weighted by Crippen LogP contribution is -2.17. The van der Waals surface area contributed by atoms with Crippen LogP contribution in [0.3, 0.4) is 0 Å². The van der Waals surface area contributed by atoms with Crippen LogP contribution in [0.25, 0.3) is 11.1 Å². The number of rotatable bonds is 3. The van der Waals surface area contributed by atoms with E-state index in [1.165, 1.54) is 24.3 Å². The Kier molecular flexibility index (Phi) is 4.73. The van der Waals surface area contributed by atoms with Crippen LogP contribution in [0.2, 0.25) is 0 Å². The van der Waals surface area contributed by atoms with Gasteiger partial charge < -0.3 is 4.74 Å². The molecule has 8 heteroatoms. The molecule has 0 aliphatic rings. The van der Waals surface area contributed by atoms with Gasteiger partial charge in [0.25, 0.3) is 0 Å². The minimum absolute atomic E-state index is 0.130. The van der Waals surface area contributed by atoms with Gasteiger partial charge in [0, 0.05) is 0 Å². The van der Waals surface area contributed by atoms with E-state index >= 15 is 0 Å². The molecule has 0 heterocycles. The van der Waals surface area contributed by atoms with Gasteiger partial charge in [-0.25, -0.2) is 0 Å². The van der Waals surface area contributed by atoms with E-state index in [0.29, 0.717) is 0 Å². The number of benzene rings is 2. The van der Waals surface area contributed by atoms with Crippen molar-refractivity contribution in [2.24, 2.45) is 0 Å². The Bertz CT molecular complexity index is 756. The number of halogens is 6. The molecule has 0 amide bonds. The van der Waals surface area contributed by atoms with Gasteiger partial charge in [0.05, 0.1) is 18.1 Å². The smallest absolute Gasteiger partial charge is 0.406 e. The van der Waals surface area contributed by atoms with E-state index in [4.69, 9.17) is 5.26 Å². The van der Waals surface area contributed by atoms with Crippen LogP contribution >= 0.6 is 0 Å². The SMILES string of the molecule is N#CCc1c(-c2ccc(OC(F)(F)F)cc2)cccc1C(F)(F)F. The van der Waals surface area contributed by atoms with Crippen molar-refractivity contribution >= 4 is 0 Å². The Labute approximate surface area is 132 Å². The van der Waals surface area contributed by atoms with Crippen molar-refractivity contribution in [3.8, 4) is 22.9 Å². The van der Waals surface area contributed by atoms with Gasteiger partial charge in [-0.2, -0.15) is 18.4 Å². The van der Waals surface area contributed by atoms with Gasteiger partial charge in [-0.1, -0.05) is 24.3 Å². The number of nitriles is 1. The molecule has 0 saturated carbocycles. The minimum Gasteiger partial charge on any atom is -0.406 e. The van der Waals surface area contributed by atoms with Gasteiger partial charge in [-0.15, -0.1) is 13.2 Å². The third-order valence-corrected chi connectivity index (χ3v) is 3.14. The maximum atomic E-state index is 13.1. The molecule has 0 aromatic heterocycles. The van der Waals surface area contributed by atoms with Crippen LogP contribution in [-0.4, -0.2) is 6.36 Å². The van der Waals surface area contributed by atoms with Crippen molar-refractivity contribution in [1.29, 1.82) is 5.26 Å². The first-order chi connectivity index (χ1) is 11.1. The summed E-state index contributed by atoms with van der Waals surface area (Å²) in [5, 5.41) is 8.79. The predicted molar refractivity (Wildman–Crippen MR) is 72.9 cm³/mol. The number of nitrogens with zero attached hydrogens (tertiary/aromatic N) is 1. The number of hydrogen-bond acceptors (Lipinski definition) is 2. The maximum Gasteiger partial charge on any atom is 0.573 e. The van der Waals surface area contributed by atoms with E-state index in [1.54, 1.807) is 6.07 Å². The monoisotopic (exact) mass is 345 g/mol. The van der Waals surface area contributed by atoms with Crippen LogP contribution in [0.1, 0.15) is 11.1 Å². The van der Waals surface area contributed by atoms with Crippen LogP contribution in [0.15, 0.2) is 42.5 Å². The number of ether oxygens (including phenoxy) is 1. The zero-order valence-electron chi connectivity index (χ0n) is 11.9. The normalized spacial score (nSPS) is 11.9. The Balaban J connectivity index is 2.47. The average Bonchev–Trinajstić information content (AvgIpc) is 2.46. The minimum atomic E-state index is -4.86. The second kappa shape index (κ2) is 6.43. The lowest BCUT2D eigenvalue weighted by Gasteiger charge is -2.16. The lowest BCUT2D eigenvalue weighted by atomic mass is 9.93. The lowest BCUT2D eigenvalue weighted by molar-refractivity contribution is -0.274. The molecule has 2 rings (SSSR count). The third-order valence-electron chi connectivity index (χ3n) is 3.14. The molecule has 0 aliphatic heterocycles. The predicted octanol–water partition coefficient (Wildman–Crippen LogP) is 5.34. The zero-order chi connectivity index (χ0) is 18.0. The van der Waals surface area contributed by atoms with E-state index in [-0.39, 0.29) is 16.7 Å². The van der Waals surface area contributed by atoms with Gasteiger partial charge in [-0.05, 0) is 34.9 Å². The molecule has 0 atom stereocenters. The molecule has 2 nitrogen and oxygen atoms in total. The van der Waals surface area contributed by atoms with Crippen molar-refractivity contribution < 1.29 is 31.1 Å². The van der Waals surface area contributed by atoms with Crippen molar-refractivity contribution in [3.63, 3.8) is 0 Å². The summed E-state index contributed by atoms with van der Waals surface area (Å²) >= 11 is 0. The van der Waals surface area contributed by atoms with Crippen LogP contribution in [0.4, 0.5) is 26.3 Å². The van der Waals surface area contributed by atoms with Crippen molar-refractivity contribution in [3.05, 3.63) is 53.6 Å². The topological polar surface area (TPSA) is 33.0 Å². The number of alkyl halides is 6. The summed E-state index contributed by atoms with van der Waals surface area (Å²) < 4.78 is 79.3. The molecule has 0 radical (unpaired) electrons. The third kappa shape index (κ3) is 4.19. The highest BCUT2D eigenvalue weighted by atomic mass is 19.4. The molecule has 0 unspecified atom stereocenters. The van der Waals surface area contributed by atoms with Crippen molar-refractivity contribution in [1.82, 2.24) is 0 Å². The van der Waals surface area contributed by atoms with Crippen LogP contribution < -0.4 is 4.74 Å². The number of hydrogen-bond donors (Lipinski definition) is 0. The Hall–Kier alpha value is -2.69. The maximum absolute atomic E-state index is 13.1. The summed E-state index contributed by atoms with van der Waals surface area (Å²) in [6, 6.07) is 9.50. The van der Waals surface area contributed by atoms with Crippen molar-refractivity contribution in [2.75, 3.05) is 0 Å². The Morgan fingerprint density at radius 3 is 2.04 bits per heavy atom. The largest absolute Gasteiger partial charge is 0.573 e. The standard InChI is InChI=1S/C16H9F6NO/c17-15(18,19)14-3-1-2-12(13(14)8-9-23)10-4-6-11(7-5-10)24-16(20,21)22/h1-7H,8H2. The molecule has 24 heavy (non-hydrogen) atoms. The molecule has 2 aromatic rings. The van der Waals surface area contributed by atoms with Gasteiger partial charge in [0.15, 0.2) is 0 Å². The van der Waals surface area contributed by atoms with E-state index in [0.717, 1.165) is 18.2 Å². The van der Waals surface area contributed by atoms with Gasteiger partial charge in [0.2, 0.25) is 0 Å². The summed E-state index contributed by atoms with van der Waals surface area (Å²) in [4.78, 5) is 0. The highest BCUT2D eigenvalue weighted by Crippen LogP contribution is 2.37. The first kappa shape index (κ1) is 17.7. The Morgan fingerprint density at radius 1 is 0.917 bits per heavy atom. The molecular formula is C16H9F6NO. The van der Waals surface area contributed by atoms with Crippen LogP contribution in [0.5, 0.6) is 5.75 Å². The van der Waals surface area contributed by atoms with Gasteiger partial charge in [0.1, 0.15) is 5.75 Å². The van der Waals surface area contributed by atoms with E-state index in [9.17, 15) is 26.3 Å². The molecule has 2 aromatic carbocycles. The average molecular weight is 345 g/mol. The highest BCUT2D eigenvalue weighted by molar-refractivity contribution is 5.70. The van der Waals surface area contributed by atoms with E-state index in [1.807, 2.05) is 0 Å².